The van der Waals surface area contributed by atoms with E-state index in [0.717, 1.165) is 5.82 Å². The van der Waals surface area contributed by atoms with Crippen LogP contribution in [0.15, 0.2) is 0 Å². The Morgan fingerprint density at radius 3 is 2.10 bits per heavy atom. The largest absolute Gasteiger partial charge is 0.120 e. The predicted octanol–water partition coefficient (Wildman–Crippen LogP) is 3.52. The van der Waals surface area contributed by atoms with Crippen LogP contribution in [0.1, 0.15) is 47.5 Å². The summed E-state index contributed by atoms with van der Waals surface area (Å²) in [6, 6.07) is 0. The second kappa shape index (κ2) is 4.05. The zero-order valence-corrected chi connectivity index (χ0v) is 8.07. The van der Waals surface area contributed by atoms with Crippen molar-refractivity contribution < 1.29 is 0 Å². The lowest BCUT2D eigenvalue weighted by Gasteiger charge is -2.24. The Balaban J connectivity index is 3.63. The molecule has 1 radical (unpaired) electrons. The minimum Gasteiger partial charge on any atom is -0.0738 e. The van der Waals surface area contributed by atoms with Crippen LogP contribution < -0.4 is 0 Å². The fourth-order valence-corrected chi connectivity index (χ4v) is 1.63. The first-order valence-electron chi connectivity index (χ1n) is 4.34. The van der Waals surface area contributed by atoms with Crippen molar-refractivity contribution in [3.63, 3.8) is 0 Å². The van der Waals surface area contributed by atoms with Gasteiger partial charge in [-0.1, -0.05) is 58.6 Å². The van der Waals surface area contributed by atoms with E-state index in [0.29, 0.717) is 5.31 Å². The van der Waals surface area contributed by atoms with Crippen LogP contribution in [0.3, 0.4) is 0 Å². The average Bonchev–Trinajstić information content (AvgIpc) is 1.59. The summed E-state index contributed by atoms with van der Waals surface area (Å²) in [7, 11) is 2.44. The van der Waals surface area contributed by atoms with E-state index in [1.165, 1.54) is 12.8 Å². The van der Waals surface area contributed by atoms with Crippen molar-refractivity contribution in [3.8, 4) is 0 Å². The number of hydrogen-bond donors (Lipinski definition) is 0. The Hall–Kier alpha value is 0.0649. The van der Waals surface area contributed by atoms with Gasteiger partial charge in [0.15, 0.2) is 0 Å². The molecule has 0 nitrogen and oxygen atoms in total. The Kier molecular flexibility index (Phi) is 4.08. The van der Waals surface area contributed by atoms with Gasteiger partial charge in [-0.25, -0.2) is 0 Å². The van der Waals surface area contributed by atoms with E-state index in [4.69, 9.17) is 0 Å². The van der Waals surface area contributed by atoms with E-state index in [2.05, 4.69) is 41.9 Å². The molecular formula is C9H20B. The molecule has 0 aromatic heterocycles. The lowest BCUT2D eigenvalue weighted by molar-refractivity contribution is 0.585. The van der Waals surface area contributed by atoms with Crippen molar-refractivity contribution in [2.75, 3.05) is 0 Å². The van der Waals surface area contributed by atoms with E-state index >= 15 is 0 Å². The van der Waals surface area contributed by atoms with Crippen molar-refractivity contribution in [2.24, 2.45) is 0 Å². The van der Waals surface area contributed by atoms with E-state index in [1.807, 2.05) is 0 Å². The first kappa shape index (κ1) is 10.1. The third-order valence-electron chi connectivity index (χ3n) is 1.68. The van der Waals surface area contributed by atoms with Crippen LogP contribution in [0.5, 0.6) is 0 Å². The summed E-state index contributed by atoms with van der Waals surface area (Å²) in [6.45, 7) is 11.4. The monoisotopic (exact) mass is 139 g/mol. The maximum atomic E-state index is 2.44. The standard InChI is InChI=1S/C9H20B/c1-6-7-9(4,5)10-8(2)3/h8H,6-7H2,1-5H3. The minimum atomic E-state index is 0.447. The summed E-state index contributed by atoms with van der Waals surface area (Å²) in [5.74, 6) is 0.724. The lowest BCUT2D eigenvalue weighted by Crippen LogP contribution is -2.14. The van der Waals surface area contributed by atoms with Gasteiger partial charge in [-0.2, -0.15) is 0 Å². The average molecular weight is 139 g/mol. The van der Waals surface area contributed by atoms with Crippen LogP contribution in [-0.4, -0.2) is 7.28 Å². The zero-order chi connectivity index (χ0) is 8.20. The van der Waals surface area contributed by atoms with Crippen LogP contribution in [0.2, 0.25) is 11.1 Å². The second-order valence-electron chi connectivity index (χ2n) is 4.15. The third-order valence-corrected chi connectivity index (χ3v) is 1.68. The van der Waals surface area contributed by atoms with E-state index in [9.17, 15) is 0 Å². The molecule has 0 aromatic carbocycles. The summed E-state index contributed by atoms with van der Waals surface area (Å²) >= 11 is 0. The highest BCUT2D eigenvalue weighted by molar-refractivity contribution is 6.41. The molecule has 0 bridgehead atoms. The SMILES string of the molecule is CCCC(C)(C)[B]C(C)C. The molecule has 0 amide bonds. The van der Waals surface area contributed by atoms with Crippen molar-refractivity contribution in [3.05, 3.63) is 0 Å². The highest BCUT2D eigenvalue weighted by atomic mass is 14.1. The molecule has 0 spiro atoms. The summed E-state index contributed by atoms with van der Waals surface area (Å²) in [4.78, 5) is 0. The van der Waals surface area contributed by atoms with Gasteiger partial charge < -0.3 is 0 Å². The molecule has 0 N–H and O–H groups in total. The van der Waals surface area contributed by atoms with E-state index in [1.54, 1.807) is 0 Å². The zero-order valence-electron chi connectivity index (χ0n) is 8.07. The fraction of sp³-hybridized carbons (Fsp3) is 1.00. The van der Waals surface area contributed by atoms with E-state index < -0.39 is 0 Å². The van der Waals surface area contributed by atoms with Crippen LogP contribution in [0.25, 0.3) is 0 Å². The summed E-state index contributed by atoms with van der Waals surface area (Å²) < 4.78 is 0. The first-order chi connectivity index (χ1) is 4.48. The molecule has 0 aliphatic heterocycles. The molecule has 10 heavy (non-hydrogen) atoms. The second-order valence-corrected chi connectivity index (χ2v) is 4.15. The first-order valence-corrected chi connectivity index (χ1v) is 4.34. The van der Waals surface area contributed by atoms with Gasteiger partial charge in [0, 0.05) is 0 Å². The maximum Gasteiger partial charge on any atom is 0.120 e. The third kappa shape index (κ3) is 4.90. The van der Waals surface area contributed by atoms with Gasteiger partial charge in [0.25, 0.3) is 0 Å². The molecule has 0 aromatic rings. The van der Waals surface area contributed by atoms with Gasteiger partial charge in [0.1, 0.15) is 7.28 Å². The van der Waals surface area contributed by atoms with Crippen LogP contribution in [0.4, 0.5) is 0 Å². The van der Waals surface area contributed by atoms with Crippen LogP contribution in [0, 0.1) is 0 Å². The molecule has 0 saturated heterocycles. The van der Waals surface area contributed by atoms with Gasteiger partial charge in [0.05, 0.1) is 0 Å². The molecular weight excluding hydrogens is 119 g/mol. The van der Waals surface area contributed by atoms with Gasteiger partial charge in [-0.05, 0) is 0 Å². The number of hydrogen-bond acceptors (Lipinski definition) is 0. The summed E-state index contributed by atoms with van der Waals surface area (Å²) in [5.41, 5.74) is 0. The Morgan fingerprint density at radius 2 is 1.80 bits per heavy atom. The topological polar surface area (TPSA) is 0 Å². The fourth-order valence-electron chi connectivity index (χ4n) is 1.63. The van der Waals surface area contributed by atoms with Crippen molar-refractivity contribution in [1.29, 1.82) is 0 Å². The Bertz CT molecular complexity index is 84.7. The predicted molar refractivity (Wildman–Crippen MR) is 49.8 cm³/mol. The summed E-state index contributed by atoms with van der Waals surface area (Å²) in [5, 5.41) is 0.447. The molecule has 1 heteroatoms. The lowest BCUT2D eigenvalue weighted by atomic mass is 9.47. The molecule has 59 valence electrons. The van der Waals surface area contributed by atoms with Gasteiger partial charge in [-0.15, -0.1) is 0 Å². The molecule has 0 aliphatic carbocycles. The van der Waals surface area contributed by atoms with Gasteiger partial charge >= 0.3 is 0 Å². The Morgan fingerprint density at radius 1 is 1.30 bits per heavy atom. The Labute approximate surface area is 66.6 Å². The van der Waals surface area contributed by atoms with Crippen molar-refractivity contribution >= 4 is 7.28 Å². The van der Waals surface area contributed by atoms with Crippen LogP contribution >= 0.6 is 0 Å². The molecule has 0 saturated carbocycles. The van der Waals surface area contributed by atoms with Crippen molar-refractivity contribution in [2.45, 2.75) is 58.6 Å². The van der Waals surface area contributed by atoms with Gasteiger partial charge in [-0.3, -0.25) is 0 Å². The molecule has 0 aliphatic rings. The van der Waals surface area contributed by atoms with Gasteiger partial charge in [0.2, 0.25) is 0 Å². The highest BCUT2D eigenvalue weighted by Crippen LogP contribution is 2.32. The van der Waals surface area contributed by atoms with Crippen molar-refractivity contribution in [1.82, 2.24) is 0 Å². The molecule has 0 atom stereocenters. The maximum absolute atomic E-state index is 2.44. The quantitative estimate of drug-likeness (QED) is 0.522. The molecule has 0 unspecified atom stereocenters. The number of rotatable bonds is 4. The van der Waals surface area contributed by atoms with Crippen LogP contribution in [-0.2, 0) is 0 Å². The highest BCUT2D eigenvalue weighted by Gasteiger charge is 2.18. The minimum absolute atomic E-state index is 0.447. The molecule has 0 fully saturated rings. The molecule has 0 heterocycles. The summed E-state index contributed by atoms with van der Waals surface area (Å²) in [6.07, 6.45) is 2.60. The normalized spacial score (nSPS) is 12.2. The molecule has 0 rings (SSSR count). The van der Waals surface area contributed by atoms with E-state index in [-0.39, 0.29) is 0 Å². The smallest absolute Gasteiger partial charge is 0.0738 e.